The summed E-state index contributed by atoms with van der Waals surface area (Å²) in [5.74, 6) is -0.444. The minimum Gasteiger partial charge on any atom is -0.469 e. The molecule has 6 heteroatoms. The Morgan fingerprint density at radius 2 is 2.06 bits per heavy atom. The molecule has 0 spiro atoms. The highest BCUT2D eigenvalue weighted by molar-refractivity contribution is 9.11. The Kier molecular flexibility index (Phi) is 6.35. The topological polar surface area (TPSA) is 55.4 Å². The van der Waals surface area contributed by atoms with Gasteiger partial charge < -0.3 is 10.1 Å². The van der Waals surface area contributed by atoms with Gasteiger partial charge >= 0.3 is 5.97 Å². The van der Waals surface area contributed by atoms with E-state index in [1.165, 1.54) is 7.11 Å². The third-order valence-electron chi connectivity index (χ3n) is 2.24. The van der Waals surface area contributed by atoms with Crippen LogP contribution >= 0.6 is 31.9 Å². The molecule has 0 aromatic heterocycles. The van der Waals surface area contributed by atoms with Crippen LogP contribution in [0.3, 0.4) is 0 Å². The first-order valence-corrected chi connectivity index (χ1v) is 6.93. The van der Waals surface area contributed by atoms with Crippen LogP contribution in [0.25, 0.3) is 0 Å². The van der Waals surface area contributed by atoms with Gasteiger partial charge in [-0.3, -0.25) is 9.59 Å². The molecule has 1 aromatic rings. The molecule has 4 nitrogen and oxygen atoms in total. The van der Waals surface area contributed by atoms with E-state index in [0.29, 0.717) is 24.9 Å². The summed E-state index contributed by atoms with van der Waals surface area (Å²) < 4.78 is 6.08. The Balaban J connectivity index is 2.46. The van der Waals surface area contributed by atoms with E-state index in [2.05, 4.69) is 41.9 Å². The molecule has 98 valence electrons. The number of methoxy groups -OCH3 is 1. The van der Waals surface area contributed by atoms with E-state index in [0.717, 1.165) is 8.95 Å². The Bertz CT molecular complexity index is 449. The van der Waals surface area contributed by atoms with Gasteiger partial charge in [-0.05, 0) is 40.5 Å². The number of halogens is 2. The highest BCUT2D eigenvalue weighted by Gasteiger charge is 2.10. The van der Waals surface area contributed by atoms with Gasteiger partial charge in [0.2, 0.25) is 0 Å². The lowest BCUT2D eigenvalue weighted by molar-refractivity contribution is -0.140. The number of hydrogen-bond acceptors (Lipinski definition) is 3. The van der Waals surface area contributed by atoms with Crippen LogP contribution in [0.5, 0.6) is 0 Å². The van der Waals surface area contributed by atoms with Crippen molar-refractivity contribution in [3.63, 3.8) is 0 Å². The predicted octanol–water partition coefficient (Wildman–Crippen LogP) is 2.89. The zero-order valence-electron chi connectivity index (χ0n) is 9.83. The maximum Gasteiger partial charge on any atom is 0.305 e. The summed E-state index contributed by atoms with van der Waals surface area (Å²) >= 11 is 6.63. The molecule has 0 saturated carbocycles. The van der Waals surface area contributed by atoms with Crippen LogP contribution in [0.15, 0.2) is 27.1 Å². The first-order valence-electron chi connectivity index (χ1n) is 5.34. The second kappa shape index (κ2) is 7.53. The van der Waals surface area contributed by atoms with E-state index in [4.69, 9.17) is 0 Å². The van der Waals surface area contributed by atoms with Gasteiger partial charge in [0.15, 0.2) is 0 Å². The molecule has 0 saturated heterocycles. The number of hydrogen-bond donors (Lipinski definition) is 1. The van der Waals surface area contributed by atoms with Gasteiger partial charge in [-0.1, -0.05) is 15.9 Å². The van der Waals surface area contributed by atoms with Gasteiger partial charge in [0, 0.05) is 21.9 Å². The molecule has 18 heavy (non-hydrogen) atoms. The molecular weight excluding hydrogens is 366 g/mol. The molecule has 1 amide bonds. The van der Waals surface area contributed by atoms with Crippen molar-refractivity contribution in [2.45, 2.75) is 12.8 Å². The lowest BCUT2D eigenvalue weighted by atomic mass is 10.2. The van der Waals surface area contributed by atoms with Crippen LogP contribution in [0.1, 0.15) is 23.2 Å². The molecule has 0 radical (unpaired) electrons. The Hall–Kier alpha value is -0.880. The standard InChI is InChI=1S/C12H13Br2NO3/c1-18-11(16)3-2-6-15-12(17)9-7-8(13)4-5-10(9)14/h4-5,7H,2-3,6H2,1H3,(H,15,17). The second-order valence-corrected chi connectivity index (χ2v) is 5.33. The molecule has 0 heterocycles. The van der Waals surface area contributed by atoms with Crippen LogP contribution < -0.4 is 5.32 Å². The van der Waals surface area contributed by atoms with Gasteiger partial charge in [-0.2, -0.15) is 0 Å². The molecule has 1 N–H and O–H groups in total. The average molecular weight is 379 g/mol. The Labute approximate surface area is 122 Å². The van der Waals surface area contributed by atoms with Crippen molar-refractivity contribution in [2.24, 2.45) is 0 Å². The second-order valence-electron chi connectivity index (χ2n) is 3.56. The fourth-order valence-corrected chi connectivity index (χ4v) is 2.09. The van der Waals surface area contributed by atoms with E-state index in [9.17, 15) is 9.59 Å². The third-order valence-corrected chi connectivity index (χ3v) is 3.43. The zero-order chi connectivity index (χ0) is 13.5. The number of ether oxygens (including phenoxy) is 1. The number of amides is 1. The molecule has 0 bridgehead atoms. The number of rotatable bonds is 5. The molecule has 1 rings (SSSR count). The van der Waals surface area contributed by atoms with Crippen LogP contribution in [-0.2, 0) is 9.53 Å². The van der Waals surface area contributed by atoms with Crippen LogP contribution in [0.2, 0.25) is 0 Å². The Morgan fingerprint density at radius 3 is 2.72 bits per heavy atom. The van der Waals surface area contributed by atoms with Crippen molar-refractivity contribution in [1.29, 1.82) is 0 Å². The summed E-state index contributed by atoms with van der Waals surface area (Å²) in [6, 6.07) is 5.38. The molecule has 0 aliphatic heterocycles. The minimum atomic E-state index is -0.270. The lowest BCUT2D eigenvalue weighted by Gasteiger charge is -2.07. The minimum absolute atomic E-state index is 0.173. The van der Waals surface area contributed by atoms with E-state index in [1.54, 1.807) is 12.1 Å². The van der Waals surface area contributed by atoms with E-state index >= 15 is 0 Å². The lowest BCUT2D eigenvalue weighted by Crippen LogP contribution is -2.25. The highest BCUT2D eigenvalue weighted by Crippen LogP contribution is 2.21. The van der Waals surface area contributed by atoms with E-state index in [-0.39, 0.29) is 11.9 Å². The van der Waals surface area contributed by atoms with Crippen LogP contribution in [-0.4, -0.2) is 25.5 Å². The monoisotopic (exact) mass is 377 g/mol. The predicted molar refractivity (Wildman–Crippen MR) is 75.4 cm³/mol. The quantitative estimate of drug-likeness (QED) is 0.633. The van der Waals surface area contributed by atoms with E-state index < -0.39 is 0 Å². The number of benzene rings is 1. The largest absolute Gasteiger partial charge is 0.469 e. The SMILES string of the molecule is COC(=O)CCCNC(=O)c1cc(Br)ccc1Br. The number of nitrogens with one attached hydrogen (secondary N) is 1. The summed E-state index contributed by atoms with van der Waals surface area (Å²) in [6.45, 7) is 0.437. The van der Waals surface area contributed by atoms with Crippen molar-refractivity contribution in [3.8, 4) is 0 Å². The molecule has 0 unspecified atom stereocenters. The number of carbonyl (C=O) groups is 2. The van der Waals surface area contributed by atoms with Gasteiger partial charge in [0.05, 0.1) is 12.7 Å². The van der Waals surface area contributed by atoms with Gasteiger partial charge in [0.25, 0.3) is 5.91 Å². The van der Waals surface area contributed by atoms with Crippen molar-refractivity contribution >= 4 is 43.7 Å². The smallest absolute Gasteiger partial charge is 0.305 e. The molecule has 0 atom stereocenters. The third kappa shape index (κ3) is 4.78. The van der Waals surface area contributed by atoms with Crippen LogP contribution in [0, 0.1) is 0 Å². The van der Waals surface area contributed by atoms with Crippen molar-refractivity contribution in [1.82, 2.24) is 5.32 Å². The molecule has 0 fully saturated rings. The van der Waals surface area contributed by atoms with Gasteiger partial charge in [-0.15, -0.1) is 0 Å². The highest BCUT2D eigenvalue weighted by atomic mass is 79.9. The summed E-state index contributed by atoms with van der Waals surface area (Å²) in [5.41, 5.74) is 0.558. The van der Waals surface area contributed by atoms with Crippen molar-refractivity contribution < 1.29 is 14.3 Å². The average Bonchev–Trinajstić information content (AvgIpc) is 2.36. The van der Waals surface area contributed by atoms with Gasteiger partial charge in [-0.25, -0.2) is 0 Å². The van der Waals surface area contributed by atoms with E-state index in [1.807, 2.05) is 6.07 Å². The molecule has 0 aliphatic carbocycles. The first kappa shape index (κ1) is 15.2. The molecular formula is C12H13Br2NO3. The van der Waals surface area contributed by atoms with Gasteiger partial charge in [0.1, 0.15) is 0 Å². The first-order chi connectivity index (χ1) is 8.54. The summed E-state index contributed by atoms with van der Waals surface area (Å²) in [4.78, 5) is 22.7. The fourth-order valence-electron chi connectivity index (χ4n) is 1.30. The molecule has 0 aliphatic rings. The maximum absolute atomic E-state index is 11.9. The molecule has 1 aromatic carbocycles. The number of esters is 1. The zero-order valence-corrected chi connectivity index (χ0v) is 13.0. The summed E-state index contributed by atoms with van der Waals surface area (Å²) in [6.07, 6.45) is 0.862. The number of carbonyl (C=O) groups excluding carboxylic acids is 2. The summed E-state index contributed by atoms with van der Waals surface area (Å²) in [7, 11) is 1.35. The summed E-state index contributed by atoms with van der Waals surface area (Å²) in [5, 5.41) is 2.75. The Morgan fingerprint density at radius 1 is 1.33 bits per heavy atom. The maximum atomic E-state index is 11.9. The van der Waals surface area contributed by atoms with Crippen LogP contribution in [0.4, 0.5) is 0 Å². The normalized spacial score (nSPS) is 9.94. The van der Waals surface area contributed by atoms with Crippen molar-refractivity contribution in [3.05, 3.63) is 32.7 Å². The fraction of sp³-hybridized carbons (Fsp3) is 0.333. The van der Waals surface area contributed by atoms with Crippen molar-refractivity contribution in [2.75, 3.05) is 13.7 Å².